The highest BCUT2D eigenvalue weighted by atomic mass is 16.5. The van der Waals surface area contributed by atoms with Crippen LogP contribution in [0.25, 0.3) is 0 Å². The quantitative estimate of drug-likeness (QED) is 0.294. The Bertz CT molecular complexity index is 1320. The van der Waals surface area contributed by atoms with Crippen molar-refractivity contribution in [1.29, 1.82) is 0 Å². The number of carboxylic acids is 2. The Morgan fingerprint density at radius 1 is 0.711 bits per heavy atom. The summed E-state index contributed by atoms with van der Waals surface area (Å²) in [5.41, 5.74) is 0.476. The molecule has 4 aromatic rings. The Labute approximate surface area is 218 Å². The first-order valence-electron chi connectivity index (χ1n) is 10.5. The number of benzene rings is 2. The van der Waals surface area contributed by atoms with Crippen LogP contribution in [0.4, 0.5) is 0 Å². The zero-order valence-corrected chi connectivity index (χ0v) is 18.7. The van der Waals surface area contributed by atoms with Crippen LogP contribution in [-0.2, 0) is 13.2 Å². The van der Waals surface area contributed by atoms with Crippen molar-refractivity contribution in [2.45, 2.75) is 28.1 Å². The van der Waals surface area contributed by atoms with E-state index in [1.54, 1.807) is 0 Å². The summed E-state index contributed by atoms with van der Waals surface area (Å²) in [6, 6.07) is 20.7. The van der Waals surface area contributed by atoms with E-state index in [4.69, 9.17) is 24.1 Å². The van der Waals surface area contributed by atoms with Gasteiger partial charge < -0.3 is 29.1 Å². The molecule has 4 rings (SSSR count). The molecule has 10 nitrogen and oxygen atoms in total. The second-order valence-electron chi connectivity index (χ2n) is 7.15. The van der Waals surface area contributed by atoms with E-state index in [0.29, 0.717) is 0 Å². The van der Waals surface area contributed by atoms with Gasteiger partial charge in [0, 0.05) is 18.3 Å². The number of nitrogens with one attached hydrogen (secondary N) is 1. The van der Waals surface area contributed by atoms with Crippen molar-refractivity contribution in [3.8, 4) is 11.5 Å². The molecule has 0 aliphatic rings. The third kappa shape index (κ3) is 8.52. The van der Waals surface area contributed by atoms with Crippen molar-refractivity contribution in [2.24, 2.45) is 0 Å². The third-order valence-electron chi connectivity index (χ3n) is 4.61. The number of carboxylic acid groups (broad SMARTS) is 2. The van der Waals surface area contributed by atoms with Gasteiger partial charge in [0.05, 0.1) is 6.26 Å². The van der Waals surface area contributed by atoms with Crippen molar-refractivity contribution in [1.82, 2.24) is 4.98 Å². The standard InChI is InChI=1S/C13H11NO4.C13H10O5.2CH4/c15-10-6-7-14-11(13(16)17)12(10)18-8-9-4-2-1-3-5-9;14-10-6-7-17-12(13(15)16)11(10)18-8-9-4-2-1-3-5-9;;/h1-7H,8H2,(H,14,15)(H,16,17);1-7H,8H2,(H,15,16);2*1H4. The molecule has 0 fully saturated rings. The molecule has 0 radical (unpaired) electrons. The molecule has 0 amide bonds. The monoisotopic (exact) mass is 523 g/mol. The lowest BCUT2D eigenvalue weighted by Crippen LogP contribution is -2.14. The van der Waals surface area contributed by atoms with Gasteiger partial charge in [0.25, 0.3) is 5.76 Å². The fourth-order valence-corrected chi connectivity index (χ4v) is 2.92. The van der Waals surface area contributed by atoms with Gasteiger partial charge in [-0.3, -0.25) is 9.59 Å². The zero-order valence-electron chi connectivity index (χ0n) is 18.7. The molecular weight excluding hydrogens is 494 g/mol. The van der Waals surface area contributed by atoms with Crippen LogP contribution in [0.1, 0.15) is 47.0 Å². The SMILES string of the molecule is C.C.O=C(O)c1[nH]ccc(=O)c1OCc1ccccc1.O=C(O)c1occc(=O)c1OCc1ccccc1. The van der Waals surface area contributed by atoms with Crippen LogP contribution in [0.3, 0.4) is 0 Å². The fourth-order valence-electron chi connectivity index (χ4n) is 2.92. The van der Waals surface area contributed by atoms with Gasteiger partial charge in [-0.25, -0.2) is 9.59 Å². The number of aromatic nitrogens is 1. The molecule has 3 N–H and O–H groups in total. The van der Waals surface area contributed by atoms with Gasteiger partial charge in [0.2, 0.25) is 16.6 Å². The summed E-state index contributed by atoms with van der Waals surface area (Å²) in [7, 11) is 0. The molecule has 2 aromatic carbocycles. The van der Waals surface area contributed by atoms with Crippen molar-refractivity contribution < 1.29 is 33.7 Å². The number of hydrogen-bond donors (Lipinski definition) is 3. The Kier molecular flexibility index (Phi) is 12.3. The molecule has 0 aliphatic heterocycles. The molecule has 0 spiro atoms. The number of rotatable bonds is 8. The van der Waals surface area contributed by atoms with Crippen LogP contribution in [-0.4, -0.2) is 27.1 Å². The topological polar surface area (TPSA) is 156 Å². The highest BCUT2D eigenvalue weighted by Crippen LogP contribution is 2.15. The molecule has 0 atom stereocenters. The predicted molar refractivity (Wildman–Crippen MR) is 141 cm³/mol. The van der Waals surface area contributed by atoms with Gasteiger partial charge in [-0.2, -0.15) is 0 Å². The summed E-state index contributed by atoms with van der Waals surface area (Å²) in [6.07, 6.45) is 2.31. The molecule has 0 saturated heterocycles. The summed E-state index contributed by atoms with van der Waals surface area (Å²) >= 11 is 0. The van der Waals surface area contributed by atoms with Crippen LogP contribution in [0.2, 0.25) is 0 Å². The fraction of sp³-hybridized carbons (Fsp3) is 0.143. The molecular formula is C28H29NO9. The maximum absolute atomic E-state index is 11.6. The van der Waals surface area contributed by atoms with Crippen molar-refractivity contribution >= 4 is 11.9 Å². The summed E-state index contributed by atoms with van der Waals surface area (Å²) in [4.78, 5) is 47.4. The molecule has 200 valence electrons. The van der Waals surface area contributed by atoms with Crippen LogP contribution < -0.4 is 20.3 Å². The van der Waals surface area contributed by atoms with Crippen molar-refractivity contribution in [3.63, 3.8) is 0 Å². The minimum absolute atomic E-state index is 0. The maximum atomic E-state index is 11.6. The average Bonchev–Trinajstić information content (AvgIpc) is 2.88. The molecule has 0 unspecified atom stereocenters. The highest BCUT2D eigenvalue weighted by molar-refractivity contribution is 5.88. The number of H-pyrrole nitrogens is 1. The van der Waals surface area contributed by atoms with E-state index >= 15 is 0 Å². The number of hydrogen-bond acceptors (Lipinski definition) is 7. The number of pyridine rings is 1. The number of carbonyl (C=O) groups is 2. The lowest BCUT2D eigenvalue weighted by atomic mass is 10.2. The number of aromatic carboxylic acids is 2. The number of ether oxygens (including phenoxy) is 2. The van der Waals surface area contributed by atoms with E-state index in [9.17, 15) is 19.2 Å². The molecule has 0 aliphatic carbocycles. The van der Waals surface area contributed by atoms with E-state index in [2.05, 4.69) is 4.98 Å². The van der Waals surface area contributed by atoms with Gasteiger partial charge in [-0.1, -0.05) is 75.5 Å². The van der Waals surface area contributed by atoms with E-state index in [1.165, 1.54) is 12.3 Å². The zero-order chi connectivity index (χ0) is 25.9. The van der Waals surface area contributed by atoms with Gasteiger partial charge >= 0.3 is 11.9 Å². The first kappa shape index (κ1) is 30.9. The second-order valence-corrected chi connectivity index (χ2v) is 7.15. The second kappa shape index (κ2) is 15.1. The van der Waals surface area contributed by atoms with Crippen molar-refractivity contribution in [2.75, 3.05) is 0 Å². The minimum Gasteiger partial charge on any atom is -0.482 e. The molecule has 2 heterocycles. The molecule has 38 heavy (non-hydrogen) atoms. The largest absolute Gasteiger partial charge is 0.482 e. The van der Waals surface area contributed by atoms with Crippen molar-refractivity contribution in [3.05, 3.63) is 128 Å². The lowest BCUT2D eigenvalue weighted by Gasteiger charge is -2.07. The van der Waals surface area contributed by atoms with E-state index in [-0.39, 0.29) is 45.3 Å². The minimum atomic E-state index is -1.34. The molecule has 10 heteroatoms. The van der Waals surface area contributed by atoms with Crippen LogP contribution in [0, 0.1) is 0 Å². The van der Waals surface area contributed by atoms with Crippen LogP contribution in [0.15, 0.2) is 99.3 Å². The van der Waals surface area contributed by atoms with E-state index in [1.807, 2.05) is 60.7 Å². The Hall–Kier alpha value is -5.12. The Morgan fingerprint density at radius 2 is 1.21 bits per heavy atom. The predicted octanol–water partition coefficient (Wildman–Crippen LogP) is 4.84. The Morgan fingerprint density at radius 3 is 1.71 bits per heavy atom. The Balaban J connectivity index is 0.000000361. The molecule has 0 bridgehead atoms. The first-order valence-corrected chi connectivity index (χ1v) is 10.5. The van der Waals surface area contributed by atoms with Crippen LogP contribution in [0.5, 0.6) is 11.5 Å². The summed E-state index contributed by atoms with van der Waals surface area (Å²) in [5, 5.41) is 17.8. The normalized spacial score (nSPS) is 9.47. The van der Waals surface area contributed by atoms with Gasteiger partial charge in [-0.15, -0.1) is 0 Å². The molecule has 2 aromatic heterocycles. The highest BCUT2D eigenvalue weighted by Gasteiger charge is 2.18. The van der Waals surface area contributed by atoms with Crippen LogP contribution >= 0.6 is 0 Å². The van der Waals surface area contributed by atoms with Gasteiger partial charge in [0.15, 0.2) is 11.4 Å². The maximum Gasteiger partial charge on any atom is 0.375 e. The molecule has 0 saturated carbocycles. The van der Waals surface area contributed by atoms with Gasteiger partial charge in [-0.05, 0) is 11.1 Å². The first-order chi connectivity index (χ1) is 17.4. The smallest absolute Gasteiger partial charge is 0.375 e. The third-order valence-corrected chi connectivity index (χ3v) is 4.61. The van der Waals surface area contributed by atoms with E-state index < -0.39 is 28.6 Å². The van der Waals surface area contributed by atoms with E-state index in [0.717, 1.165) is 23.5 Å². The summed E-state index contributed by atoms with van der Waals surface area (Å²) in [6.45, 7) is 0.254. The summed E-state index contributed by atoms with van der Waals surface area (Å²) < 4.78 is 15.3. The van der Waals surface area contributed by atoms with Gasteiger partial charge in [0.1, 0.15) is 13.2 Å². The average molecular weight is 524 g/mol. The number of aromatic amines is 1. The lowest BCUT2D eigenvalue weighted by molar-refractivity contribution is 0.0647. The summed E-state index contributed by atoms with van der Waals surface area (Å²) in [5.74, 6) is -3.51.